The Morgan fingerprint density at radius 3 is 2.57 bits per heavy atom. The lowest BCUT2D eigenvalue weighted by atomic mass is 10.1. The van der Waals surface area contributed by atoms with Gasteiger partial charge in [0.2, 0.25) is 5.91 Å². The molecule has 108 valence electrons. The van der Waals surface area contributed by atoms with E-state index in [-0.39, 0.29) is 24.2 Å². The minimum absolute atomic E-state index is 0.0129. The second kappa shape index (κ2) is 5.16. The maximum atomic E-state index is 12.5. The predicted octanol–water partition coefficient (Wildman–Crippen LogP) is 2.19. The van der Waals surface area contributed by atoms with Gasteiger partial charge in [0.25, 0.3) is 5.91 Å². The van der Waals surface area contributed by atoms with Gasteiger partial charge in [0, 0.05) is 24.3 Å². The van der Waals surface area contributed by atoms with Gasteiger partial charge in [-0.1, -0.05) is 18.2 Å². The van der Waals surface area contributed by atoms with Crippen LogP contribution in [0.4, 0.5) is 5.69 Å². The molecule has 21 heavy (non-hydrogen) atoms. The zero-order valence-electron chi connectivity index (χ0n) is 12.1. The van der Waals surface area contributed by atoms with Gasteiger partial charge >= 0.3 is 0 Å². The van der Waals surface area contributed by atoms with Crippen LogP contribution in [0.1, 0.15) is 22.6 Å². The Kier molecular flexibility index (Phi) is 3.33. The van der Waals surface area contributed by atoms with E-state index in [2.05, 4.69) is 5.10 Å². The molecule has 1 aliphatic heterocycles. The van der Waals surface area contributed by atoms with E-state index >= 15 is 0 Å². The zero-order chi connectivity index (χ0) is 15.0. The summed E-state index contributed by atoms with van der Waals surface area (Å²) in [6.45, 7) is 4.12. The highest BCUT2D eigenvalue weighted by Gasteiger charge is 2.36. The molecule has 1 aromatic heterocycles. The van der Waals surface area contributed by atoms with E-state index in [1.165, 1.54) is 4.68 Å². The van der Waals surface area contributed by atoms with Crippen LogP contribution in [-0.2, 0) is 4.79 Å². The van der Waals surface area contributed by atoms with E-state index < -0.39 is 0 Å². The van der Waals surface area contributed by atoms with Crippen LogP contribution in [0, 0.1) is 19.8 Å². The maximum absolute atomic E-state index is 12.5. The average molecular weight is 283 g/mol. The van der Waals surface area contributed by atoms with Crippen LogP contribution < -0.4 is 4.90 Å². The molecular formula is C16H17N3O2. The molecule has 0 N–H and O–H groups in total. The van der Waals surface area contributed by atoms with Gasteiger partial charge in [-0.05, 0) is 32.0 Å². The van der Waals surface area contributed by atoms with Gasteiger partial charge in [0.1, 0.15) is 0 Å². The number of nitrogens with zero attached hydrogens (tertiary/aromatic N) is 3. The van der Waals surface area contributed by atoms with Gasteiger partial charge in [0.05, 0.1) is 11.6 Å². The standard InChI is InChI=1S/C16H17N3O2/c1-11-8-12(2)19(17-11)16(21)13-9-15(20)18(10-13)14-6-4-3-5-7-14/h3-8,13H,9-10H2,1-2H3. The Hall–Kier alpha value is -2.43. The van der Waals surface area contributed by atoms with Crippen molar-refractivity contribution in [2.24, 2.45) is 5.92 Å². The Morgan fingerprint density at radius 1 is 1.24 bits per heavy atom. The van der Waals surface area contributed by atoms with Gasteiger partial charge in [-0.25, -0.2) is 4.68 Å². The molecule has 3 rings (SSSR count). The van der Waals surface area contributed by atoms with Crippen molar-refractivity contribution in [3.8, 4) is 0 Å². The van der Waals surface area contributed by atoms with Crippen molar-refractivity contribution < 1.29 is 9.59 Å². The third-order valence-corrected chi connectivity index (χ3v) is 3.76. The molecule has 5 heteroatoms. The summed E-state index contributed by atoms with van der Waals surface area (Å²) >= 11 is 0. The van der Waals surface area contributed by atoms with Crippen LogP contribution in [0.3, 0.4) is 0 Å². The van der Waals surface area contributed by atoms with Gasteiger partial charge < -0.3 is 4.90 Å². The largest absolute Gasteiger partial charge is 0.312 e. The van der Waals surface area contributed by atoms with E-state index in [9.17, 15) is 9.59 Å². The highest BCUT2D eigenvalue weighted by Crippen LogP contribution is 2.26. The topological polar surface area (TPSA) is 55.2 Å². The number of benzene rings is 1. The van der Waals surface area contributed by atoms with E-state index in [1.807, 2.05) is 50.2 Å². The van der Waals surface area contributed by atoms with Crippen molar-refractivity contribution in [1.82, 2.24) is 9.78 Å². The first-order valence-electron chi connectivity index (χ1n) is 6.99. The number of aromatic nitrogens is 2. The molecule has 1 aliphatic rings. The summed E-state index contributed by atoms with van der Waals surface area (Å²) in [5, 5.41) is 4.21. The van der Waals surface area contributed by atoms with Crippen molar-refractivity contribution in [2.75, 3.05) is 11.4 Å². The fraction of sp³-hybridized carbons (Fsp3) is 0.312. The van der Waals surface area contributed by atoms with Crippen molar-refractivity contribution in [1.29, 1.82) is 0 Å². The molecule has 1 saturated heterocycles. The summed E-state index contributed by atoms with van der Waals surface area (Å²) in [7, 11) is 0. The summed E-state index contributed by atoms with van der Waals surface area (Å²) in [6, 6.07) is 11.3. The monoisotopic (exact) mass is 283 g/mol. The van der Waals surface area contributed by atoms with Gasteiger partial charge in [-0.2, -0.15) is 5.10 Å². The number of hydrogen-bond donors (Lipinski definition) is 0. The number of rotatable bonds is 2. The number of aryl methyl sites for hydroxylation is 2. The minimum atomic E-state index is -0.337. The first-order valence-corrected chi connectivity index (χ1v) is 6.99. The Labute approximate surface area is 123 Å². The normalized spacial score (nSPS) is 18.3. The van der Waals surface area contributed by atoms with Gasteiger partial charge in [-0.3, -0.25) is 9.59 Å². The molecule has 2 aromatic rings. The summed E-state index contributed by atoms with van der Waals surface area (Å²) in [5.41, 5.74) is 2.46. The zero-order valence-corrected chi connectivity index (χ0v) is 12.1. The SMILES string of the molecule is Cc1cc(C)n(C(=O)C2CC(=O)N(c3ccccc3)C2)n1. The van der Waals surface area contributed by atoms with Crippen molar-refractivity contribution in [2.45, 2.75) is 20.3 Å². The number of para-hydroxylation sites is 1. The molecule has 1 amide bonds. The smallest absolute Gasteiger partial charge is 0.252 e. The molecule has 1 unspecified atom stereocenters. The number of hydrogen-bond acceptors (Lipinski definition) is 3. The summed E-state index contributed by atoms with van der Waals surface area (Å²) in [4.78, 5) is 26.4. The summed E-state index contributed by atoms with van der Waals surface area (Å²) < 4.78 is 1.42. The molecule has 1 atom stereocenters. The minimum Gasteiger partial charge on any atom is -0.312 e. The van der Waals surface area contributed by atoms with Crippen molar-refractivity contribution >= 4 is 17.5 Å². The quantitative estimate of drug-likeness (QED) is 0.849. The highest BCUT2D eigenvalue weighted by atomic mass is 16.2. The van der Waals surface area contributed by atoms with Crippen LogP contribution in [0.15, 0.2) is 36.4 Å². The summed E-state index contributed by atoms with van der Waals surface area (Å²) in [5.74, 6) is -0.454. The number of carbonyl (C=O) groups is 2. The molecule has 0 saturated carbocycles. The van der Waals surface area contributed by atoms with Gasteiger partial charge in [0.15, 0.2) is 0 Å². The first-order chi connectivity index (χ1) is 10.1. The van der Waals surface area contributed by atoms with E-state index in [4.69, 9.17) is 0 Å². The van der Waals surface area contributed by atoms with E-state index in [0.29, 0.717) is 6.54 Å². The molecule has 0 radical (unpaired) electrons. The highest BCUT2D eigenvalue weighted by molar-refractivity contribution is 6.00. The number of amides is 1. The summed E-state index contributed by atoms with van der Waals surface area (Å²) in [6.07, 6.45) is 0.242. The molecule has 0 bridgehead atoms. The van der Waals surface area contributed by atoms with Gasteiger partial charge in [-0.15, -0.1) is 0 Å². The molecule has 1 fully saturated rings. The van der Waals surface area contributed by atoms with E-state index in [0.717, 1.165) is 17.1 Å². The fourth-order valence-electron chi connectivity index (χ4n) is 2.76. The Morgan fingerprint density at radius 2 is 1.95 bits per heavy atom. The maximum Gasteiger partial charge on any atom is 0.252 e. The van der Waals surface area contributed by atoms with Crippen LogP contribution >= 0.6 is 0 Å². The lowest BCUT2D eigenvalue weighted by Gasteiger charge is -2.16. The predicted molar refractivity (Wildman–Crippen MR) is 79.2 cm³/mol. The fourth-order valence-corrected chi connectivity index (χ4v) is 2.76. The molecule has 0 aliphatic carbocycles. The molecular weight excluding hydrogens is 266 g/mol. The lowest BCUT2D eigenvalue weighted by Crippen LogP contribution is -2.28. The molecule has 1 aromatic carbocycles. The van der Waals surface area contributed by atoms with Crippen LogP contribution in [-0.4, -0.2) is 28.1 Å². The van der Waals surface area contributed by atoms with Crippen molar-refractivity contribution in [3.63, 3.8) is 0 Å². The third kappa shape index (κ3) is 2.46. The second-order valence-corrected chi connectivity index (χ2v) is 5.42. The third-order valence-electron chi connectivity index (χ3n) is 3.76. The number of anilines is 1. The first kappa shape index (κ1) is 13.5. The van der Waals surface area contributed by atoms with Crippen LogP contribution in [0.2, 0.25) is 0 Å². The number of carbonyl (C=O) groups excluding carboxylic acids is 2. The average Bonchev–Trinajstić information content (AvgIpc) is 3.02. The Balaban J connectivity index is 1.81. The van der Waals surface area contributed by atoms with Crippen molar-refractivity contribution in [3.05, 3.63) is 47.8 Å². The molecule has 0 spiro atoms. The lowest BCUT2D eigenvalue weighted by molar-refractivity contribution is -0.117. The second-order valence-electron chi connectivity index (χ2n) is 5.42. The van der Waals surface area contributed by atoms with E-state index in [1.54, 1.807) is 4.90 Å². The molecule has 2 heterocycles. The Bertz CT molecular complexity index is 691. The van der Waals surface area contributed by atoms with Crippen LogP contribution in [0.25, 0.3) is 0 Å². The molecule has 5 nitrogen and oxygen atoms in total. The van der Waals surface area contributed by atoms with Crippen LogP contribution in [0.5, 0.6) is 0 Å².